The quantitative estimate of drug-likeness (QED) is 0.581. The van der Waals surface area contributed by atoms with Crippen LogP contribution in [-0.4, -0.2) is 11.6 Å². The smallest absolute Gasteiger partial charge is 0.179 e. The van der Waals surface area contributed by atoms with Crippen molar-refractivity contribution in [2.75, 3.05) is 11.6 Å². The molecule has 0 atom stereocenters. The van der Waals surface area contributed by atoms with Crippen LogP contribution in [0.4, 0.5) is 0 Å². The molecule has 40 valence electrons. The third kappa shape index (κ3) is 9.01. The SMILES string of the molecule is SCCCCl.[Pt+2]. The van der Waals surface area contributed by atoms with Crippen molar-refractivity contribution in [3.8, 4) is 0 Å². The minimum atomic E-state index is 0. The first-order chi connectivity index (χ1) is 2.41. The van der Waals surface area contributed by atoms with Gasteiger partial charge in [0.05, 0.1) is 0 Å². The summed E-state index contributed by atoms with van der Waals surface area (Å²) in [5.74, 6) is 1.65. The molecule has 0 heterocycles. The molecule has 0 radical (unpaired) electrons. The third-order valence-electron chi connectivity index (χ3n) is 0.292. The standard InChI is InChI=1S/C3H7ClS.Pt/c4-2-1-3-5;/h5H,1-3H2;/q;+2. The van der Waals surface area contributed by atoms with Gasteiger partial charge in [0, 0.05) is 5.88 Å². The van der Waals surface area contributed by atoms with Crippen molar-refractivity contribution in [2.24, 2.45) is 0 Å². The van der Waals surface area contributed by atoms with Gasteiger partial charge in [-0.15, -0.1) is 11.6 Å². The van der Waals surface area contributed by atoms with Crippen LogP contribution >= 0.6 is 24.2 Å². The molecule has 0 rings (SSSR count). The molecular formula is C3H7ClPtS+2. The van der Waals surface area contributed by atoms with Crippen molar-refractivity contribution in [3.05, 3.63) is 0 Å². The van der Waals surface area contributed by atoms with Crippen LogP contribution in [0.2, 0.25) is 0 Å². The zero-order valence-electron chi connectivity index (χ0n) is 3.26. The molecule has 6 heavy (non-hydrogen) atoms. The molecule has 3 heteroatoms. The van der Waals surface area contributed by atoms with Gasteiger partial charge in [0.1, 0.15) is 0 Å². The largest absolute Gasteiger partial charge is 2.00 e. The number of halogens is 1. The van der Waals surface area contributed by atoms with E-state index in [-0.39, 0.29) is 21.1 Å². The Kier molecular flexibility index (Phi) is 16.5. The maximum atomic E-state index is 5.25. The average Bonchev–Trinajstić information content (AvgIpc) is 1.41. The van der Waals surface area contributed by atoms with E-state index in [4.69, 9.17) is 11.6 Å². The van der Waals surface area contributed by atoms with E-state index in [1.807, 2.05) is 0 Å². The van der Waals surface area contributed by atoms with E-state index >= 15 is 0 Å². The monoisotopic (exact) mass is 305 g/mol. The van der Waals surface area contributed by atoms with Crippen LogP contribution < -0.4 is 0 Å². The molecule has 0 aromatic rings. The normalized spacial score (nSPS) is 7.00. The van der Waals surface area contributed by atoms with Crippen LogP contribution in [0, 0.1) is 0 Å². The predicted octanol–water partition coefficient (Wildman–Crippen LogP) is 1.54. The van der Waals surface area contributed by atoms with Crippen molar-refractivity contribution in [3.63, 3.8) is 0 Å². The molecule has 0 amide bonds. The molecule has 0 spiro atoms. The van der Waals surface area contributed by atoms with Gasteiger partial charge in [-0.2, -0.15) is 12.6 Å². The van der Waals surface area contributed by atoms with Crippen LogP contribution in [0.3, 0.4) is 0 Å². The van der Waals surface area contributed by atoms with Crippen molar-refractivity contribution in [2.45, 2.75) is 6.42 Å². The summed E-state index contributed by atoms with van der Waals surface area (Å²) in [5.41, 5.74) is 0. The molecule has 0 nitrogen and oxygen atoms in total. The predicted molar refractivity (Wildman–Crippen MR) is 29.2 cm³/mol. The summed E-state index contributed by atoms with van der Waals surface area (Å²) < 4.78 is 0. The molecule has 0 aliphatic carbocycles. The van der Waals surface area contributed by atoms with Gasteiger partial charge >= 0.3 is 21.1 Å². The van der Waals surface area contributed by atoms with Crippen LogP contribution in [0.25, 0.3) is 0 Å². The van der Waals surface area contributed by atoms with Crippen LogP contribution in [0.15, 0.2) is 0 Å². The second-order valence-corrected chi connectivity index (χ2v) is 1.59. The molecule has 0 fully saturated rings. The van der Waals surface area contributed by atoms with Crippen LogP contribution in [0.5, 0.6) is 0 Å². The summed E-state index contributed by atoms with van der Waals surface area (Å²) in [6.45, 7) is 0. The van der Waals surface area contributed by atoms with Crippen LogP contribution in [0.1, 0.15) is 6.42 Å². The van der Waals surface area contributed by atoms with Gasteiger partial charge in [-0.05, 0) is 12.2 Å². The maximum absolute atomic E-state index is 5.25. The third-order valence-corrected chi connectivity index (χ3v) is 0.875. The topological polar surface area (TPSA) is 0 Å². The van der Waals surface area contributed by atoms with E-state index in [1.54, 1.807) is 0 Å². The summed E-state index contributed by atoms with van der Waals surface area (Å²) in [7, 11) is 0. The summed E-state index contributed by atoms with van der Waals surface area (Å²) >= 11 is 9.17. The van der Waals surface area contributed by atoms with Crippen LogP contribution in [-0.2, 0) is 21.1 Å². The minimum Gasteiger partial charge on any atom is -0.179 e. The fraction of sp³-hybridized carbons (Fsp3) is 1.00. The molecule has 0 aromatic heterocycles. The summed E-state index contributed by atoms with van der Waals surface area (Å²) in [4.78, 5) is 0. The van der Waals surface area contributed by atoms with Gasteiger partial charge in [0.2, 0.25) is 0 Å². The first-order valence-electron chi connectivity index (χ1n) is 1.58. The van der Waals surface area contributed by atoms with E-state index in [1.165, 1.54) is 0 Å². The van der Waals surface area contributed by atoms with E-state index in [2.05, 4.69) is 12.6 Å². The molecule has 0 bridgehead atoms. The Morgan fingerprint density at radius 1 is 1.50 bits per heavy atom. The number of rotatable bonds is 2. The zero-order chi connectivity index (χ0) is 4.12. The molecule has 0 unspecified atom stereocenters. The van der Waals surface area contributed by atoms with Gasteiger partial charge in [-0.3, -0.25) is 0 Å². The zero-order valence-corrected chi connectivity index (χ0v) is 7.19. The molecule has 0 saturated carbocycles. The number of hydrogen-bond acceptors (Lipinski definition) is 1. The Morgan fingerprint density at radius 3 is 2.00 bits per heavy atom. The van der Waals surface area contributed by atoms with Crippen molar-refractivity contribution in [1.82, 2.24) is 0 Å². The molecule has 0 saturated heterocycles. The fourth-order valence-electron chi connectivity index (χ4n) is 0.0598. The molecule has 0 aromatic carbocycles. The van der Waals surface area contributed by atoms with E-state index in [9.17, 15) is 0 Å². The van der Waals surface area contributed by atoms with Gasteiger partial charge in [0.15, 0.2) is 0 Å². The Hall–Kier alpha value is 1.33. The summed E-state index contributed by atoms with van der Waals surface area (Å²) in [6.07, 6.45) is 1.02. The number of thiol groups is 1. The number of hydrogen-bond donors (Lipinski definition) is 1. The van der Waals surface area contributed by atoms with E-state index in [0.29, 0.717) is 0 Å². The second-order valence-electron chi connectivity index (χ2n) is 0.766. The molecular weight excluding hydrogens is 299 g/mol. The summed E-state index contributed by atoms with van der Waals surface area (Å²) in [5, 5.41) is 0. The van der Waals surface area contributed by atoms with Crippen molar-refractivity contribution >= 4 is 24.2 Å². The van der Waals surface area contributed by atoms with Crippen molar-refractivity contribution < 1.29 is 21.1 Å². The first kappa shape index (κ1) is 10.3. The van der Waals surface area contributed by atoms with Gasteiger partial charge in [-0.1, -0.05) is 0 Å². The molecule has 0 aliphatic heterocycles. The van der Waals surface area contributed by atoms with Gasteiger partial charge < -0.3 is 0 Å². The Bertz CT molecular complexity index is 18.3. The Balaban J connectivity index is 0. The molecule has 0 aliphatic rings. The van der Waals surface area contributed by atoms with Crippen molar-refractivity contribution in [1.29, 1.82) is 0 Å². The minimum absolute atomic E-state index is 0. The van der Waals surface area contributed by atoms with Gasteiger partial charge in [-0.25, -0.2) is 0 Å². The first-order valence-corrected chi connectivity index (χ1v) is 2.75. The average molecular weight is 306 g/mol. The van der Waals surface area contributed by atoms with Gasteiger partial charge in [0.25, 0.3) is 0 Å². The second kappa shape index (κ2) is 9.59. The fourth-order valence-corrected chi connectivity index (χ4v) is 0.538. The number of alkyl halides is 1. The van der Waals surface area contributed by atoms with E-state index in [0.717, 1.165) is 18.1 Å². The maximum Gasteiger partial charge on any atom is 2.00 e. The Labute approximate surface area is 63.3 Å². The van der Waals surface area contributed by atoms with E-state index < -0.39 is 0 Å². The Morgan fingerprint density at radius 2 is 2.00 bits per heavy atom. The molecule has 0 N–H and O–H groups in total. The summed E-state index contributed by atoms with van der Waals surface area (Å²) in [6, 6.07) is 0.